The number of rotatable bonds is 9. The highest BCUT2D eigenvalue weighted by Gasteiger charge is 2.19. The first-order valence-electron chi connectivity index (χ1n) is 11.0. The van der Waals surface area contributed by atoms with Crippen molar-refractivity contribution in [2.75, 3.05) is 19.1 Å². The predicted octanol–water partition coefficient (Wildman–Crippen LogP) is 7.43. The number of nitrogens with zero attached hydrogens (tertiary/aromatic N) is 4. The van der Waals surface area contributed by atoms with Crippen LogP contribution in [0.5, 0.6) is 5.75 Å². The van der Waals surface area contributed by atoms with Gasteiger partial charge in [-0.25, -0.2) is 0 Å². The van der Waals surface area contributed by atoms with Gasteiger partial charge in [-0.2, -0.15) is 0 Å². The minimum Gasteiger partial charge on any atom is -0.495 e. The van der Waals surface area contributed by atoms with Crippen molar-refractivity contribution in [3.63, 3.8) is 0 Å². The summed E-state index contributed by atoms with van der Waals surface area (Å²) in [5, 5.41) is 12.9. The van der Waals surface area contributed by atoms with Crippen LogP contribution in [0.4, 0.5) is 0 Å². The number of ether oxygens (including phenoxy) is 1. The number of aliphatic imine (C=N–C) groups is 1. The third-order valence-electron chi connectivity index (χ3n) is 5.41. The predicted molar refractivity (Wildman–Crippen MR) is 148 cm³/mol. The zero-order valence-electron chi connectivity index (χ0n) is 19.7. The highest BCUT2D eigenvalue weighted by atomic mass is 32.2. The summed E-state index contributed by atoms with van der Waals surface area (Å²) in [5.41, 5.74) is 4.60. The summed E-state index contributed by atoms with van der Waals surface area (Å²) in [6, 6.07) is 12.0. The van der Waals surface area contributed by atoms with E-state index in [0.29, 0.717) is 5.75 Å². The average molecular weight is 509 g/mol. The number of benzene rings is 1. The van der Waals surface area contributed by atoms with Gasteiger partial charge in [0.25, 0.3) is 0 Å². The Bertz CT molecular complexity index is 1240. The fraction of sp³-hybridized carbons (Fsp3) is 0.269. The van der Waals surface area contributed by atoms with E-state index >= 15 is 0 Å². The Morgan fingerprint density at radius 2 is 2.03 bits per heavy atom. The third kappa shape index (κ3) is 5.92. The largest absolute Gasteiger partial charge is 0.495 e. The van der Waals surface area contributed by atoms with Crippen molar-refractivity contribution in [3.8, 4) is 22.1 Å². The van der Waals surface area contributed by atoms with Crippen LogP contribution in [0.2, 0.25) is 0 Å². The molecule has 3 aromatic rings. The molecule has 0 saturated heterocycles. The smallest absolute Gasteiger partial charge is 0.196 e. The fourth-order valence-corrected chi connectivity index (χ4v) is 5.62. The lowest BCUT2D eigenvalue weighted by molar-refractivity contribution is 0.412. The first-order chi connectivity index (χ1) is 16.6. The van der Waals surface area contributed by atoms with Crippen LogP contribution in [0.15, 0.2) is 87.5 Å². The Morgan fingerprint density at radius 3 is 2.74 bits per heavy atom. The van der Waals surface area contributed by atoms with E-state index in [4.69, 9.17) is 9.73 Å². The van der Waals surface area contributed by atoms with E-state index in [1.54, 1.807) is 42.0 Å². The molecule has 0 aliphatic heterocycles. The molecule has 0 spiro atoms. The highest BCUT2D eigenvalue weighted by molar-refractivity contribution is 8.13. The van der Waals surface area contributed by atoms with Gasteiger partial charge in [0.1, 0.15) is 5.75 Å². The fourth-order valence-electron chi connectivity index (χ4n) is 3.60. The monoisotopic (exact) mass is 508 g/mol. The number of thiophene rings is 1. The minimum absolute atomic E-state index is 0.625. The summed E-state index contributed by atoms with van der Waals surface area (Å²) in [5.74, 6) is 2.20. The molecule has 0 amide bonds. The van der Waals surface area contributed by atoms with Crippen LogP contribution in [-0.4, -0.2) is 38.9 Å². The van der Waals surface area contributed by atoms with Gasteiger partial charge in [-0.3, -0.25) is 9.56 Å². The maximum absolute atomic E-state index is 5.63. The molecule has 0 saturated carbocycles. The van der Waals surface area contributed by atoms with Gasteiger partial charge in [-0.05, 0) is 49.6 Å². The summed E-state index contributed by atoms with van der Waals surface area (Å²) in [4.78, 5) is 5.89. The molecule has 34 heavy (non-hydrogen) atoms. The lowest BCUT2D eigenvalue weighted by atomic mass is 9.98. The number of hydrogen-bond donors (Lipinski definition) is 0. The third-order valence-corrected chi connectivity index (χ3v) is 7.98. The van der Waals surface area contributed by atoms with E-state index in [9.17, 15) is 0 Å². The molecule has 8 heteroatoms. The molecule has 4 rings (SSSR count). The Balaban J connectivity index is 1.55. The summed E-state index contributed by atoms with van der Waals surface area (Å²) < 4.78 is 7.69. The van der Waals surface area contributed by atoms with Crippen molar-refractivity contribution in [2.45, 2.75) is 31.3 Å². The number of hydrogen-bond acceptors (Lipinski definition) is 7. The molecular formula is C26H28N4OS3. The van der Waals surface area contributed by atoms with Crippen molar-refractivity contribution in [2.24, 2.45) is 4.99 Å². The molecule has 0 N–H and O–H groups in total. The van der Waals surface area contributed by atoms with Crippen molar-refractivity contribution in [3.05, 3.63) is 77.4 Å². The van der Waals surface area contributed by atoms with Gasteiger partial charge in [-0.15, -0.1) is 33.3 Å². The Hall–Kier alpha value is -2.55. The minimum atomic E-state index is 0.625. The molecule has 1 aliphatic carbocycles. The first-order valence-corrected chi connectivity index (χ1v) is 14.1. The zero-order chi connectivity index (χ0) is 23.9. The van der Waals surface area contributed by atoms with Crippen LogP contribution in [0.3, 0.4) is 0 Å². The lowest BCUT2D eigenvalue weighted by Gasteiger charge is -2.14. The maximum atomic E-state index is 5.63. The number of aromatic nitrogens is 3. The maximum Gasteiger partial charge on any atom is 0.196 e. The Labute approximate surface area is 213 Å². The van der Waals surface area contributed by atoms with Crippen LogP contribution in [-0.2, 0) is 0 Å². The van der Waals surface area contributed by atoms with Gasteiger partial charge >= 0.3 is 0 Å². The van der Waals surface area contributed by atoms with Crippen molar-refractivity contribution in [1.82, 2.24) is 14.8 Å². The topological polar surface area (TPSA) is 52.3 Å². The summed E-state index contributed by atoms with van der Waals surface area (Å²) in [7, 11) is 1.68. The van der Waals surface area contributed by atoms with Crippen LogP contribution in [0, 0.1) is 0 Å². The van der Waals surface area contributed by atoms with E-state index in [1.807, 2.05) is 35.7 Å². The highest BCUT2D eigenvalue weighted by Crippen LogP contribution is 2.34. The Kier molecular flexibility index (Phi) is 8.48. The van der Waals surface area contributed by atoms with Crippen LogP contribution in [0.1, 0.15) is 26.2 Å². The molecule has 0 unspecified atom stereocenters. The number of allylic oxidation sites excluding steroid dienone is 4. The second-order valence-corrected chi connectivity index (χ2v) is 10.6. The zero-order valence-corrected chi connectivity index (χ0v) is 22.1. The van der Waals surface area contributed by atoms with Gasteiger partial charge in [0.05, 0.1) is 22.7 Å². The quantitative estimate of drug-likeness (QED) is 0.171. The normalized spacial score (nSPS) is 14.0. The van der Waals surface area contributed by atoms with Gasteiger partial charge < -0.3 is 4.74 Å². The van der Waals surface area contributed by atoms with Gasteiger partial charge in [0, 0.05) is 17.9 Å². The second kappa shape index (κ2) is 11.7. The molecule has 0 radical (unpaired) electrons. The summed E-state index contributed by atoms with van der Waals surface area (Å²) >= 11 is 4.92. The van der Waals surface area contributed by atoms with E-state index in [1.165, 1.54) is 11.1 Å². The van der Waals surface area contributed by atoms with Crippen molar-refractivity contribution in [1.29, 1.82) is 0 Å². The van der Waals surface area contributed by atoms with E-state index < -0.39 is 0 Å². The van der Waals surface area contributed by atoms with Crippen molar-refractivity contribution < 1.29 is 4.74 Å². The van der Waals surface area contributed by atoms with Crippen LogP contribution < -0.4 is 4.74 Å². The average Bonchev–Trinajstić information content (AvgIpc) is 3.53. The number of methoxy groups -OCH3 is 1. The van der Waals surface area contributed by atoms with Gasteiger partial charge in [0.15, 0.2) is 11.0 Å². The summed E-state index contributed by atoms with van der Waals surface area (Å²) in [6.45, 7) is 6.41. The standard InChI is InChI=1S/C26H28N4OS3/c1-18-11-13-20(14-12-18)16-24(32-4)27-19(2)17-34-26-29-28-25(23-10-7-15-33-23)30(26)21-8-5-6-9-22(21)31-3/h5-11,13,15H,2,12,14,16-17H2,1,3-4H3. The molecule has 2 heterocycles. The molecule has 1 aliphatic rings. The lowest BCUT2D eigenvalue weighted by Crippen LogP contribution is -2.02. The molecule has 0 bridgehead atoms. The van der Waals surface area contributed by atoms with Gasteiger partial charge in [0.2, 0.25) is 0 Å². The molecule has 0 atom stereocenters. The van der Waals surface area contributed by atoms with E-state index in [0.717, 1.165) is 57.3 Å². The molecule has 176 valence electrons. The first kappa shape index (κ1) is 24.6. The van der Waals surface area contributed by atoms with Crippen LogP contribution >= 0.6 is 34.9 Å². The SMILES string of the molecule is C=C(CSc1nnc(-c2cccs2)n1-c1ccccc1OC)N=C(CC1=CC=C(C)CC1)SC. The number of thioether (sulfide) groups is 2. The Morgan fingerprint density at radius 1 is 1.18 bits per heavy atom. The second-order valence-electron chi connectivity index (χ2n) is 7.87. The molecule has 0 fully saturated rings. The van der Waals surface area contributed by atoms with Gasteiger partial charge in [-0.1, -0.05) is 59.8 Å². The van der Waals surface area contributed by atoms with E-state index in [2.05, 4.69) is 52.7 Å². The molecule has 1 aromatic carbocycles. The van der Waals surface area contributed by atoms with Crippen LogP contribution in [0.25, 0.3) is 16.4 Å². The summed E-state index contributed by atoms with van der Waals surface area (Å²) in [6.07, 6.45) is 9.66. The molecule has 2 aromatic heterocycles. The van der Waals surface area contributed by atoms with E-state index in [-0.39, 0.29) is 0 Å². The number of para-hydroxylation sites is 2. The van der Waals surface area contributed by atoms with Crippen molar-refractivity contribution >= 4 is 39.9 Å². The molecule has 5 nitrogen and oxygen atoms in total. The molecular weight excluding hydrogens is 481 g/mol.